The maximum Gasteiger partial charge on any atom is 0.418 e. The monoisotopic (exact) mass is 495 g/mol. The third-order valence-electron chi connectivity index (χ3n) is 4.37. The number of hydrogen-bond donors (Lipinski definition) is 2. The molecule has 0 saturated carbocycles. The molecule has 0 radical (unpaired) electrons. The van der Waals surface area contributed by atoms with E-state index >= 15 is 0 Å². The van der Waals surface area contributed by atoms with Crippen LogP contribution in [0.15, 0.2) is 46.9 Å². The lowest BCUT2D eigenvalue weighted by molar-refractivity contribution is -0.137. The van der Waals surface area contributed by atoms with Gasteiger partial charge in [0, 0.05) is 4.47 Å². The summed E-state index contributed by atoms with van der Waals surface area (Å²) in [5.74, 6) is -1.27. The topological polar surface area (TPSA) is 88.9 Å². The van der Waals surface area contributed by atoms with E-state index in [0.717, 1.165) is 22.4 Å². The molecule has 3 rings (SSSR count). The van der Waals surface area contributed by atoms with Crippen LogP contribution in [0.3, 0.4) is 0 Å². The van der Waals surface area contributed by atoms with Gasteiger partial charge in [0.1, 0.15) is 6.54 Å². The Morgan fingerprint density at radius 1 is 1.06 bits per heavy atom. The highest BCUT2D eigenvalue weighted by Crippen LogP contribution is 2.34. The van der Waals surface area contributed by atoms with Gasteiger partial charge in [-0.2, -0.15) is 13.2 Å². The maximum absolute atomic E-state index is 13.1. The van der Waals surface area contributed by atoms with Crippen LogP contribution in [0.25, 0.3) is 0 Å². The second-order valence-corrected chi connectivity index (χ2v) is 7.56. The molecule has 1 aromatic heterocycles. The first kappa shape index (κ1) is 22.5. The molecule has 0 aliphatic rings. The van der Waals surface area contributed by atoms with E-state index in [2.05, 4.69) is 36.9 Å². The molecule has 0 saturated heterocycles. The Kier molecular flexibility index (Phi) is 6.44. The average Bonchev–Trinajstić information content (AvgIpc) is 3.04. The lowest BCUT2D eigenvalue weighted by Gasteiger charge is -2.13. The first-order chi connectivity index (χ1) is 14.6. The summed E-state index contributed by atoms with van der Waals surface area (Å²) in [7, 11) is 0. The summed E-state index contributed by atoms with van der Waals surface area (Å²) in [6.07, 6.45) is -4.61. The molecule has 1 heterocycles. The number of anilines is 2. The number of carbonyl (C=O) groups is 2. The molecule has 0 atom stereocenters. The highest BCUT2D eigenvalue weighted by molar-refractivity contribution is 9.10. The predicted molar refractivity (Wildman–Crippen MR) is 112 cm³/mol. The summed E-state index contributed by atoms with van der Waals surface area (Å²) in [5, 5.41) is 12.5. The number of para-hydroxylation sites is 1. The van der Waals surface area contributed by atoms with Gasteiger partial charge in [0.05, 0.1) is 22.6 Å². The van der Waals surface area contributed by atoms with Crippen molar-refractivity contribution in [3.05, 3.63) is 69.5 Å². The summed E-state index contributed by atoms with van der Waals surface area (Å²) in [5.41, 5.74) is 0.509. The highest BCUT2D eigenvalue weighted by Gasteiger charge is 2.33. The molecule has 31 heavy (non-hydrogen) atoms. The van der Waals surface area contributed by atoms with Crippen LogP contribution >= 0.6 is 15.9 Å². The molecule has 7 nitrogen and oxygen atoms in total. The molecule has 0 aliphatic carbocycles. The van der Waals surface area contributed by atoms with Crippen molar-refractivity contribution in [2.75, 3.05) is 10.6 Å². The first-order valence-electron chi connectivity index (χ1n) is 9.00. The number of carbonyl (C=O) groups excluding carboxylic acids is 2. The summed E-state index contributed by atoms with van der Waals surface area (Å²) < 4.78 is 41.1. The molecular weight excluding hydrogens is 479 g/mol. The summed E-state index contributed by atoms with van der Waals surface area (Å²) >= 11 is 3.37. The van der Waals surface area contributed by atoms with Crippen molar-refractivity contribution < 1.29 is 22.8 Å². The molecule has 0 fully saturated rings. The van der Waals surface area contributed by atoms with Gasteiger partial charge < -0.3 is 10.6 Å². The zero-order valence-corrected chi connectivity index (χ0v) is 18.0. The highest BCUT2D eigenvalue weighted by atomic mass is 79.9. The van der Waals surface area contributed by atoms with E-state index in [1.54, 1.807) is 6.07 Å². The minimum Gasteiger partial charge on any atom is -0.324 e. The number of alkyl halides is 3. The van der Waals surface area contributed by atoms with Crippen molar-refractivity contribution in [1.29, 1.82) is 0 Å². The molecule has 0 bridgehead atoms. The fourth-order valence-electron chi connectivity index (χ4n) is 2.79. The summed E-state index contributed by atoms with van der Waals surface area (Å²) in [6, 6.07) is 10.0. The minimum absolute atomic E-state index is 0.00373. The van der Waals surface area contributed by atoms with Crippen LogP contribution in [0.4, 0.5) is 24.5 Å². The van der Waals surface area contributed by atoms with Crippen molar-refractivity contribution in [2.45, 2.75) is 26.6 Å². The summed E-state index contributed by atoms with van der Waals surface area (Å²) in [6.45, 7) is 3.03. The largest absolute Gasteiger partial charge is 0.418 e. The van der Waals surface area contributed by atoms with Crippen molar-refractivity contribution in [3.8, 4) is 0 Å². The van der Waals surface area contributed by atoms with Crippen molar-refractivity contribution in [3.63, 3.8) is 0 Å². The Bertz CT molecular complexity index is 1140. The lowest BCUT2D eigenvalue weighted by atomic mass is 10.1. The molecule has 2 amide bonds. The normalized spacial score (nSPS) is 11.3. The third kappa shape index (κ3) is 5.29. The van der Waals surface area contributed by atoms with Gasteiger partial charge in [-0.25, -0.2) is 4.68 Å². The number of hydrogen-bond acceptors (Lipinski definition) is 4. The predicted octanol–water partition coefficient (Wildman–Crippen LogP) is 4.57. The van der Waals surface area contributed by atoms with Crippen molar-refractivity contribution >= 4 is 39.1 Å². The van der Waals surface area contributed by atoms with E-state index in [0.29, 0.717) is 15.9 Å². The zero-order valence-electron chi connectivity index (χ0n) is 16.4. The van der Waals surface area contributed by atoms with Gasteiger partial charge in [-0.1, -0.05) is 23.4 Å². The number of benzene rings is 2. The number of nitrogens with zero attached hydrogens (tertiary/aromatic N) is 3. The van der Waals surface area contributed by atoms with Gasteiger partial charge in [0.2, 0.25) is 5.91 Å². The number of amides is 2. The van der Waals surface area contributed by atoms with E-state index in [1.165, 1.54) is 19.1 Å². The molecule has 2 aromatic carbocycles. The third-order valence-corrected chi connectivity index (χ3v) is 5.03. The smallest absolute Gasteiger partial charge is 0.324 e. The molecule has 2 N–H and O–H groups in total. The van der Waals surface area contributed by atoms with E-state index in [-0.39, 0.29) is 11.4 Å². The maximum atomic E-state index is 13.1. The van der Waals surface area contributed by atoms with Crippen molar-refractivity contribution in [1.82, 2.24) is 15.0 Å². The Labute approximate surface area is 183 Å². The second kappa shape index (κ2) is 8.88. The molecule has 162 valence electrons. The second-order valence-electron chi connectivity index (χ2n) is 6.71. The number of aromatic nitrogens is 3. The van der Waals surface area contributed by atoms with Crippen LogP contribution in [-0.4, -0.2) is 26.8 Å². The Morgan fingerprint density at radius 2 is 1.77 bits per heavy atom. The quantitative estimate of drug-likeness (QED) is 0.542. The van der Waals surface area contributed by atoms with Crippen LogP contribution < -0.4 is 10.6 Å². The fourth-order valence-corrected chi connectivity index (χ4v) is 3.38. The van der Waals surface area contributed by atoms with Crippen LogP contribution in [-0.2, 0) is 17.5 Å². The number of aryl methyl sites for hydroxylation is 1. The molecule has 11 heteroatoms. The van der Waals surface area contributed by atoms with Crippen molar-refractivity contribution in [2.24, 2.45) is 0 Å². The Hall–Kier alpha value is -3.21. The van der Waals surface area contributed by atoms with E-state index in [9.17, 15) is 22.8 Å². The van der Waals surface area contributed by atoms with Crippen LogP contribution in [0.1, 0.15) is 27.3 Å². The molecule has 0 unspecified atom stereocenters. The Morgan fingerprint density at radius 3 is 2.45 bits per heavy atom. The fraction of sp³-hybridized carbons (Fsp3) is 0.200. The van der Waals surface area contributed by atoms with Gasteiger partial charge in [-0.3, -0.25) is 9.59 Å². The minimum atomic E-state index is -4.61. The van der Waals surface area contributed by atoms with Gasteiger partial charge in [-0.05, 0) is 59.6 Å². The zero-order chi connectivity index (χ0) is 22.8. The van der Waals surface area contributed by atoms with E-state index in [4.69, 9.17) is 0 Å². The number of halogens is 4. The molecular formula is C20H17BrF3N5O2. The molecule has 0 aliphatic heterocycles. The van der Waals surface area contributed by atoms with Gasteiger partial charge in [-0.15, -0.1) is 5.10 Å². The van der Waals surface area contributed by atoms with E-state index in [1.807, 2.05) is 19.1 Å². The standard InChI is InChI=1S/C20H17BrF3N5O2/c1-11-7-8-16(14(21)9-11)26-19(31)18-12(2)29(28-27-18)10-17(30)25-15-6-4-3-5-13(15)20(22,23)24/h3-9H,10H2,1-2H3,(H,25,30)(H,26,31). The van der Waals surface area contributed by atoms with Gasteiger partial charge in [0.25, 0.3) is 5.91 Å². The summed E-state index contributed by atoms with van der Waals surface area (Å²) in [4.78, 5) is 24.8. The molecule has 0 spiro atoms. The first-order valence-corrected chi connectivity index (χ1v) is 9.79. The van der Waals surface area contributed by atoms with Crippen LogP contribution in [0, 0.1) is 13.8 Å². The number of rotatable bonds is 5. The molecule has 3 aromatic rings. The van der Waals surface area contributed by atoms with Crippen LogP contribution in [0.5, 0.6) is 0 Å². The van der Waals surface area contributed by atoms with Gasteiger partial charge >= 0.3 is 6.18 Å². The lowest BCUT2D eigenvalue weighted by Crippen LogP contribution is -2.22. The van der Waals surface area contributed by atoms with Gasteiger partial charge in [0.15, 0.2) is 5.69 Å². The average molecular weight is 496 g/mol. The Balaban J connectivity index is 1.72. The number of nitrogens with one attached hydrogen (secondary N) is 2. The van der Waals surface area contributed by atoms with Crippen LogP contribution in [0.2, 0.25) is 0 Å². The SMILES string of the molecule is Cc1ccc(NC(=O)c2nnn(CC(=O)Nc3ccccc3C(F)(F)F)c2C)c(Br)c1. The van der Waals surface area contributed by atoms with E-state index < -0.39 is 30.1 Å².